The fourth-order valence-electron chi connectivity index (χ4n) is 5.51. The summed E-state index contributed by atoms with van der Waals surface area (Å²) in [5.41, 5.74) is -0.441. The van der Waals surface area contributed by atoms with Gasteiger partial charge in [0.1, 0.15) is 5.54 Å². The number of amides is 3. The maximum Gasteiger partial charge on any atom is 0.259 e. The van der Waals surface area contributed by atoms with Crippen molar-refractivity contribution in [3.8, 4) is 0 Å². The molecule has 0 aromatic heterocycles. The number of para-hydroxylation sites is 1. The predicted octanol–water partition coefficient (Wildman–Crippen LogP) is 2.66. The third-order valence-electron chi connectivity index (χ3n) is 7.84. The molecule has 188 valence electrons. The van der Waals surface area contributed by atoms with Crippen LogP contribution in [0.25, 0.3) is 0 Å². The Kier molecular flexibility index (Phi) is 6.46. The van der Waals surface area contributed by atoms with Gasteiger partial charge in [-0.25, -0.2) is 8.42 Å². The maximum atomic E-state index is 13.7. The molecule has 5 rings (SSSR count). The normalized spacial score (nSPS) is 32.6. The quantitative estimate of drug-likeness (QED) is 0.619. The average molecular weight is 500 g/mol. The van der Waals surface area contributed by atoms with Crippen molar-refractivity contribution in [3.63, 3.8) is 0 Å². The van der Waals surface area contributed by atoms with Gasteiger partial charge >= 0.3 is 0 Å². The topological polar surface area (TPSA) is 113 Å². The molecule has 35 heavy (non-hydrogen) atoms. The van der Waals surface area contributed by atoms with Gasteiger partial charge in [0.25, 0.3) is 5.91 Å². The molecule has 0 bridgehead atoms. The number of benzene rings is 1. The minimum atomic E-state index is -3.73. The number of nitrogens with zero attached hydrogens (tertiary/aromatic N) is 1. The van der Waals surface area contributed by atoms with Crippen LogP contribution in [0.3, 0.4) is 0 Å². The molecule has 2 N–H and O–H groups in total. The first-order valence-corrected chi connectivity index (χ1v) is 14.3. The van der Waals surface area contributed by atoms with Crippen molar-refractivity contribution in [2.75, 3.05) is 11.4 Å². The van der Waals surface area contributed by atoms with Crippen LogP contribution in [0.2, 0.25) is 0 Å². The smallest absolute Gasteiger partial charge is 0.259 e. The number of sulfonamides is 1. The first-order valence-electron chi connectivity index (χ1n) is 12.7. The number of anilines is 1. The second kappa shape index (κ2) is 9.41. The molecular formula is C26H33N3O5S. The van der Waals surface area contributed by atoms with E-state index in [1.54, 1.807) is 4.90 Å². The van der Waals surface area contributed by atoms with Crippen LogP contribution in [-0.4, -0.2) is 43.5 Å². The average Bonchev–Trinajstić information content (AvgIpc) is 3.75. The van der Waals surface area contributed by atoms with Gasteiger partial charge in [-0.15, -0.1) is 0 Å². The Morgan fingerprint density at radius 1 is 1.00 bits per heavy atom. The Bertz CT molecular complexity index is 1130. The summed E-state index contributed by atoms with van der Waals surface area (Å²) in [5.74, 6) is -2.29. The van der Waals surface area contributed by atoms with Crippen molar-refractivity contribution in [1.82, 2.24) is 10.0 Å². The lowest BCUT2D eigenvalue weighted by Gasteiger charge is -2.29. The highest BCUT2D eigenvalue weighted by atomic mass is 32.2. The summed E-state index contributed by atoms with van der Waals surface area (Å²) >= 11 is 0. The fraction of sp³-hybridized carbons (Fsp3) is 0.577. The van der Waals surface area contributed by atoms with Crippen LogP contribution < -0.4 is 14.9 Å². The Morgan fingerprint density at radius 3 is 2.49 bits per heavy atom. The van der Waals surface area contributed by atoms with Gasteiger partial charge in [0.05, 0.1) is 11.2 Å². The molecule has 4 aliphatic rings. The molecule has 0 saturated heterocycles. The lowest BCUT2D eigenvalue weighted by atomic mass is 9.92. The van der Waals surface area contributed by atoms with E-state index in [1.165, 1.54) is 0 Å². The first-order chi connectivity index (χ1) is 16.8. The predicted molar refractivity (Wildman–Crippen MR) is 132 cm³/mol. The molecule has 4 atom stereocenters. The molecule has 0 unspecified atom stereocenters. The van der Waals surface area contributed by atoms with Gasteiger partial charge in [-0.1, -0.05) is 36.8 Å². The van der Waals surface area contributed by atoms with E-state index < -0.39 is 38.6 Å². The van der Waals surface area contributed by atoms with E-state index in [2.05, 4.69) is 10.0 Å². The molecule has 3 saturated carbocycles. The van der Waals surface area contributed by atoms with Crippen molar-refractivity contribution in [2.24, 2.45) is 17.8 Å². The highest BCUT2D eigenvalue weighted by molar-refractivity contribution is 7.91. The van der Waals surface area contributed by atoms with E-state index >= 15 is 0 Å². The van der Waals surface area contributed by atoms with Crippen LogP contribution in [0.1, 0.15) is 57.8 Å². The van der Waals surface area contributed by atoms with E-state index in [9.17, 15) is 22.8 Å². The van der Waals surface area contributed by atoms with Crippen LogP contribution in [0.5, 0.6) is 0 Å². The molecule has 0 spiro atoms. The lowest BCUT2D eigenvalue weighted by molar-refractivity contribution is -0.135. The zero-order chi connectivity index (χ0) is 24.6. The van der Waals surface area contributed by atoms with Gasteiger partial charge in [-0.05, 0) is 63.5 Å². The Labute approximate surface area is 206 Å². The van der Waals surface area contributed by atoms with Crippen LogP contribution in [-0.2, 0) is 24.4 Å². The Balaban J connectivity index is 1.40. The number of carbonyl (C=O) groups excluding carboxylic acids is 3. The van der Waals surface area contributed by atoms with E-state index in [1.807, 2.05) is 42.5 Å². The van der Waals surface area contributed by atoms with Crippen molar-refractivity contribution in [2.45, 2.75) is 68.6 Å². The fourth-order valence-corrected chi connectivity index (χ4v) is 6.88. The maximum absolute atomic E-state index is 13.7. The minimum absolute atomic E-state index is 0.0522. The van der Waals surface area contributed by atoms with Crippen LogP contribution in [0.4, 0.5) is 5.69 Å². The zero-order valence-corrected chi connectivity index (χ0v) is 20.6. The number of nitrogens with one attached hydrogen (secondary N) is 2. The highest BCUT2D eigenvalue weighted by Gasteiger charge is 2.62. The molecule has 3 aliphatic carbocycles. The van der Waals surface area contributed by atoms with Gasteiger partial charge in [0.2, 0.25) is 21.8 Å². The molecule has 1 aromatic carbocycles. The number of allylic oxidation sites excluding steroid dienone is 1. The van der Waals surface area contributed by atoms with Crippen molar-refractivity contribution in [3.05, 3.63) is 42.5 Å². The number of fused-ring (bicyclic) bond motifs is 2. The van der Waals surface area contributed by atoms with Gasteiger partial charge in [-0.3, -0.25) is 19.1 Å². The largest absolute Gasteiger partial charge is 0.341 e. The summed E-state index contributed by atoms with van der Waals surface area (Å²) in [6.07, 6.45) is 9.85. The summed E-state index contributed by atoms with van der Waals surface area (Å²) in [4.78, 5) is 42.1. The van der Waals surface area contributed by atoms with Crippen LogP contribution in [0, 0.1) is 17.8 Å². The number of carbonyl (C=O) groups is 3. The molecule has 3 fully saturated rings. The van der Waals surface area contributed by atoms with E-state index in [4.69, 9.17) is 0 Å². The second-order valence-corrected chi connectivity index (χ2v) is 12.3. The Morgan fingerprint density at radius 2 is 1.74 bits per heavy atom. The SMILES string of the molecule is O=C1N[C@]2(C(=O)NS(=O)(=O)C3CC3)C[C@H]2/C=C\CCCCN(c2ccccc2)C(=O)[C@@H]2CCC[C@@H]12. The highest BCUT2D eigenvalue weighted by Crippen LogP contribution is 2.47. The summed E-state index contributed by atoms with van der Waals surface area (Å²) in [6, 6.07) is 9.55. The molecule has 1 aromatic rings. The number of rotatable bonds is 4. The molecule has 9 heteroatoms. The zero-order valence-electron chi connectivity index (χ0n) is 19.8. The second-order valence-electron chi connectivity index (χ2n) is 10.3. The van der Waals surface area contributed by atoms with Crippen LogP contribution in [0.15, 0.2) is 42.5 Å². The minimum Gasteiger partial charge on any atom is -0.341 e. The van der Waals surface area contributed by atoms with Gasteiger partial charge in [0, 0.05) is 24.1 Å². The standard InChI is InChI=1S/C26H33N3O5S/c30-23-21-12-8-13-22(21)24(31)29(19-10-5-3-6-11-19)16-7-2-1-4-9-18-17-26(18,27-23)25(32)28-35(33,34)20-14-15-20/h3-6,9-11,18,20-22H,1-2,7-8,12-17H2,(H,27,30)(H,28,32)/b9-4-/t18-,21-,22-,26-/m1/s1. The van der Waals surface area contributed by atoms with Crippen molar-refractivity contribution < 1.29 is 22.8 Å². The van der Waals surface area contributed by atoms with E-state index in [0.717, 1.165) is 31.4 Å². The van der Waals surface area contributed by atoms with Crippen molar-refractivity contribution >= 4 is 33.4 Å². The third kappa shape index (κ3) is 4.87. The van der Waals surface area contributed by atoms with Crippen molar-refractivity contribution in [1.29, 1.82) is 0 Å². The monoisotopic (exact) mass is 499 g/mol. The Hall–Kier alpha value is -2.68. The van der Waals surface area contributed by atoms with Gasteiger partial charge in [0.15, 0.2) is 0 Å². The summed E-state index contributed by atoms with van der Waals surface area (Å²) < 4.78 is 27.1. The third-order valence-corrected chi connectivity index (χ3v) is 9.66. The summed E-state index contributed by atoms with van der Waals surface area (Å²) in [5, 5.41) is 2.39. The molecular weight excluding hydrogens is 466 g/mol. The van der Waals surface area contributed by atoms with E-state index in [-0.39, 0.29) is 17.7 Å². The van der Waals surface area contributed by atoms with Crippen LogP contribution >= 0.6 is 0 Å². The number of hydrogen-bond acceptors (Lipinski definition) is 5. The summed E-state index contributed by atoms with van der Waals surface area (Å²) in [6.45, 7) is 0.594. The van der Waals surface area contributed by atoms with Gasteiger partial charge < -0.3 is 10.2 Å². The molecule has 3 amide bonds. The lowest BCUT2D eigenvalue weighted by Crippen LogP contribution is -2.54. The summed E-state index contributed by atoms with van der Waals surface area (Å²) in [7, 11) is -3.73. The molecule has 0 radical (unpaired) electrons. The molecule has 1 heterocycles. The molecule has 1 aliphatic heterocycles. The first kappa shape index (κ1) is 24.0. The molecule has 8 nitrogen and oxygen atoms in total. The number of hydrogen-bond donors (Lipinski definition) is 2. The van der Waals surface area contributed by atoms with Gasteiger partial charge in [-0.2, -0.15) is 0 Å². The van der Waals surface area contributed by atoms with E-state index in [0.29, 0.717) is 38.6 Å².